The van der Waals surface area contributed by atoms with Crippen molar-refractivity contribution in [3.8, 4) is 12.8 Å². The fourth-order valence-electron chi connectivity index (χ4n) is 2.01. The van der Waals surface area contributed by atoms with Crippen LogP contribution in [0, 0.1) is 12.8 Å². The van der Waals surface area contributed by atoms with Gasteiger partial charge in [-0.15, -0.1) is 12.8 Å². The van der Waals surface area contributed by atoms with Crippen molar-refractivity contribution in [3.05, 3.63) is 0 Å². The molecule has 1 fully saturated rings. The lowest BCUT2D eigenvalue weighted by Crippen LogP contribution is -2.44. The topological polar surface area (TPSA) is 6.48 Å². The summed E-state index contributed by atoms with van der Waals surface area (Å²) in [5.74, 6) is 0. The summed E-state index contributed by atoms with van der Waals surface area (Å²) in [6.45, 7) is 8.69. The van der Waals surface area contributed by atoms with Gasteiger partial charge in [0, 0.05) is 26.2 Å². The second-order valence-corrected chi connectivity index (χ2v) is 4.56. The minimum absolute atomic E-state index is 1.26. The summed E-state index contributed by atoms with van der Waals surface area (Å²) < 4.78 is 0. The molecule has 94 valence electrons. The van der Waals surface area contributed by atoms with Gasteiger partial charge < -0.3 is 9.80 Å². The van der Waals surface area contributed by atoms with Gasteiger partial charge in [0.2, 0.25) is 0 Å². The van der Waals surface area contributed by atoms with Gasteiger partial charge in [0.15, 0.2) is 0 Å². The Kier molecular flexibility index (Phi) is 10.6. The molecule has 0 aromatic heterocycles. The largest absolute Gasteiger partial charge is 0.304 e. The zero-order valence-electron chi connectivity index (χ0n) is 11.1. The summed E-state index contributed by atoms with van der Waals surface area (Å²) in [5, 5.41) is 0. The monoisotopic (exact) mass is 224 g/mol. The fourth-order valence-corrected chi connectivity index (χ4v) is 2.01. The summed E-state index contributed by atoms with van der Waals surface area (Å²) in [6, 6.07) is 0. The highest BCUT2D eigenvalue weighted by atomic mass is 15.2. The van der Waals surface area contributed by atoms with Gasteiger partial charge in [0.25, 0.3) is 0 Å². The van der Waals surface area contributed by atoms with E-state index in [0.717, 1.165) is 0 Å². The molecule has 0 bridgehead atoms. The van der Waals surface area contributed by atoms with Crippen molar-refractivity contribution in [2.75, 3.05) is 39.8 Å². The van der Waals surface area contributed by atoms with Crippen molar-refractivity contribution in [3.63, 3.8) is 0 Å². The Bertz CT molecular complexity index is 157. The number of hydrogen-bond acceptors (Lipinski definition) is 2. The number of unbranched alkanes of at least 4 members (excludes halogenated alkanes) is 4. The molecule has 0 aromatic rings. The van der Waals surface area contributed by atoms with Crippen LogP contribution in [0.2, 0.25) is 0 Å². The molecular formula is C14H28N2. The first kappa shape index (κ1) is 15.5. The molecule has 1 heterocycles. The molecule has 0 radical (unpaired) electrons. The summed E-state index contributed by atoms with van der Waals surface area (Å²) in [7, 11) is 2.22. The number of nitrogens with zero attached hydrogens (tertiary/aromatic N) is 2. The van der Waals surface area contributed by atoms with Gasteiger partial charge in [-0.25, -0.2) is 0 Å². The Morgan fingerprint density at radius 1 is 0.875 bits per heavy atom. The van der Waals surface area contributed by atoms with Gasteiger partial charge >= 0.3 is 0 Å². The quantitative estimate of drug-likeness (QED) is 0.505. The molecule has 0 unspecified atom stereocenters. The van der Waals surface area contributed by atoms with E-state index in [1.165, 1.54) is 64.8 Å². The van der Waals surface area contributed by atoms with Crippen LogP contribution in [0.4, 0.5) is 0 Å². The molecule has 0 atom stereocenters. The number of rotatable bonds is 6. The fraction of sp³-hybridized carbons (Fsp3) is 0.857. The van der Waals surface area contributed by atoms with E-state index in [0.29, 0.717) is 0 Å². The molecule has 2 nitrogen and oxygen atoms in total. The van der Waals surface area contributed by atoms with E-state index < -0.39 is 0 Å². The highest BCUT2D eigenvalue weighted by Gasteiger charge is 2.12. The maximum absolute atomic E-state index is 4.00. The Morgan fingerprint density at radius 3 is 2.00 bits per heavy atom. The van der Waals surface area contributed by atoms with Crippen LogP contribution in [0.3, 0.4) is 0 Å². The molecule has 0 spiro atoms. The zero-order chi connectivity index (χ0) is 12.2. The molecule has 1 saturated heterocycles. The van der Waals surface area contributed by atoms with Gasteiger partial charge in [-0.05, 0) is 20.0 Å². The van der Waals surface area contributed by atoms with E-state index in [1.54, 1.807) is 0 Å². The molecular weight excluding hydrogens is 196 g/mol. The van der Waals surface area contributed by atoms with E-state index in [4.69, 9.17) is 0 Å². The summed E-state index contributed by atoms with van der Waals surface area (Å²) in [6.07, 6.45) is 15.0. The maximum atomic E-state index is 4.00. The summed E-state index contributed by atoms with van der Waals surface area (Å²) >= 11 is 0. The Hall–Kier alpha value is -0.520. The van der Waals surface area contributed by atoms with Crippen molar-refractivity contribution in [1.82, 2.24) is 9.80 Å². The third-order valence-corrected chi connectivity index (χ3v) is 3.17. The van der Waals surface area contributed by atoms with E-state index in [2.05, 4.69) is 36.6 Å². The SMILES string of the molecule is C#C.CCCCCCCN1CCN(C)CC1. The second-order valence-electron chi connectivity index (χ2n) is 4.56. The maximum Gasteiger partial charge on any atom is 0.0110 e. The van der Waals surface area contributed by atoms with Crippen molar-refractivity contribution < 1.29 is 0 Å². The minimum atomic E-state index is 1.26. The van der Waals surface area contributed by atoms with Gasteiger partial charge in [-0.3, -0.25) is 0 Å². The zero-order valence-corrected chi connectivity index (χ0v) is 11.1. The van der Waals surface area contributed by atoms with Crippen molar-refractivity contribution >= 4 is 0 Å². The van der Waals surface area contributed by atoms with Gasteiger partial charge in [-0.2, -0.15) is 0 Å². The molecule has 0 aromatic carbocycles. The van der Waals surface area contributed by atoms with Gasteiger partial charge in [0.05, 0.1) is 0 Å². The Balaban J connectivity index is 0.00000106. The van der Waals surface area contributed by atoms with Gasteiger partial charge in [0.1, 0.15) is 0 Å². The lowest BCUT2D eigenvalue weighted by Gasteiger charge is -2.32. The highest BCUT2D eigenvalue weighted by molar-refractivity contribution is 4.68. The molecule has 1 rings (SSSR count). The standard InChI is InChI=1S/C12H26N2.C2H2/c1-3-4-5-6-7-8-14-11-9-13(2)10-12-14;1-2/h3-12H2,1-2H3;1-2H. The normalized spacial score (nSPS) is 17.8. The molecule has 16 heavy (non-hydrogen) atoms. The predicted molar refractivity (Wildman–Crippen MR) is 72.6 cm³/mol. The van der Waals surface area contributed by atoms with Crippen molar-refractivity contribution in [2.45, 2.75) is 39.0 Å². The van der Waals surface area contributed by atoms with Crippen LogP contribution >= 0.6 is 0 Å². The van der Waals surface area contributed by atoms with Crippen molar-refractivity contribution in [2.24, 2.45) is 0 Å². The molecule has 0 amide bonds. The van der Waals surface area contributed by atoms with E-state index in [9.17, 15) is 0 Å². The lowest BCUT2D eigenvalue weighted by atomic mass is 10.1. The molecule has 1 aliphatic heterocycles. The highest BCUT2D eigenvalue weighted by Crippen LogP contribution is 2.05. The first-order chi connectivity index (χ1) is 7.83. The first-order valence-corrected chi connectivity index (χ1v) is 6.57. The Morgan fingerprint density at radius 2 is 1.44 bits per heavy atom. The van der Waals surface area contributed by atoms with E-state index in [1.807, 2.05) is 0 Å². The molecule has 1 aliphatic rings. The molecule has 0 aliphatic carbocycles. The van der Waals surface area contributed by atoms with E-state index >= 15 is 0 Å². The number of piperazine rings is 1. The lowest BCUT2D eigenvalue weighted by molar-refractivity contribution is 0.152. The first-order valence-electron chi connectivity index (χ1n) is 6.57. The third-order valence-electron chi connectivity index (χ3n) is 3.17. The van der Waals surface area contributed by atoms with Crippen LogP contribution < -0.4 is 0 Å². The van der Waals surface area contributed by atoms with Crippen LogP contribution in [-0.2, 0) is 0 Å². The number of hydrogen-bond donors (Lipinski definition) is 0. The number of likely N-dealkylation sites (N-methyl/N-ethyl adjacent to an activating group) is 1. The van der Waals surface area contributed by atoms with Crippen LogP contribution in [0.5, 0.6) is 0 Å². The average molecular weight is 224 g/mol. The Labute approximate surface area is 102 Å². The van der Waals surface area contributed by atoms with Crippen LogP contribution in [0.25, 0.3) is 0 Å². The average Bonchev–Trinajstić information content (AvgIpc) is 2.34. The summed E-state index contributed by atoms with van der Waals surface area (Å²) in [5.41, 5.74) is 0. The van der Waals surface area contributed by atoms with Crippen LogP contribution in [-0.4, -0.2) is 49.6 Å². The summed E-state index contributed by atoms with van der Waals surface area (Å²) in [4.78, 5) is 5.04. The second kappa shape index (κ2) is 11.0. The predicted octanol–water partition coefficient (Wildman–Crippen LogP) is 2.45. The number of terminal acetylenes is 1. The van der Waals surface area contributed by atoms with Crippen LogP contribution in [0.15, 0.2) is 0 Å². The van der Waals surface area contributed by atoms with Crippen LogP contribution in [0.1, 0.15) is 39.0 Å². The molecule has 0 saturated carbocycles. The third kappa shape index (κ3) is 7.73. The van der Waals surface area contributed by atoms with Gasteiger partial charge in [-0.1, -0.05) is 32.6 Å². The smallest absolute Gasteiger partial charge is 0.0110 e. The van der Waals surface area contributed by atoms with Crippen molar-refractivity contribution in [1.29, 1.82) is 0 Å². The molecule has 0 N–H and O–H groups in total. The molecule has 2 heteroatoms. The minimum Gasteiger partial charge on any atom is -0.304 e. The van der Waals surface area contributed by atoms with E-state index in [-0.39, 0.29) is 0 Å².